The standard InChI is InChI=1S/C22H24N6O/c1-15(2)29-18-3-4-20-19(12-18)22(26-25-20)16-5-7-24-21(11-16)27-9-6-17(13-27)28-10-8-23-14-28/h3-5,7-8,10-12,14-15,17H,6,9,13H2,1-2H3,(H,25,26). The number of anilines is 1. The average Bonchev–Trinajstić information content (AvgIpc) is 3.47. The van der Waals surface area contributed by atoms with Crippen LogP contribution in [-0.4, -0.2) is 43.9 Å². The largest absolute Gasteiger partial charge is 0.491 e. The Balaban J connectivity index is 1.44. The first-order chi connectivity index (χ1) is 14.2. The van der Waals surface area contributed by atoms with Crippen molar-refractivity contribution >= 4 is 16.7 Å². The topological polar surface area (TPSA) is 71.9 Å². The molecule has 1 atom stereocenters. The smallest absolute Gasteiger partial charge is 0.129 e. The first-order valence-corrected chi connectivity index (χ1v) is 10.0. The first-order valence-electron chi connectivity index (χ1n) is 10.0. The van der Waals surface area contributed by atoms with Gasteiger partial charge in [0.1, 0.15) is 17.3 Å². The van der Waals surface area contributed by atoms with Crippen LogP contribution in [0.4, 0.5) is 5.82 Å². The Kier molecular flexibility index (Phi) is 4.42. The van der Waals surface area contributed by atoms with E-state index < -0.39 is 0 Å². The van der Waals surface area contributed by atoms with E-state index in [2.05, 4.69) is 41.8 Å². The number of rotatable bonds is 5. The van der Waals surface area contributed by atoms with Gasteiger partial charge in [0, 0.05) is 42.6 Å². The lowest BCUT2D eigenvalue weighted by Gasteiger charge is -2.18. The van der Waals surface area contributed by atoms with Crippen LogP contribution in [0.1, 0.15) is 26.3 Å². The maximum absolute atomic E-state index is 5.87. The van der Waals surface area contributed by atoms with Gasteiger partial charge in [-0.05, 0) is 50.6 Å². The maximum atomic E-state index is 5.87. The van der Waals surface area contributed by atoms with Gasteiger partial charge in [-0.3, -0.25) is 5.10 Å². The maximum Gasteiger partial charge on any atom is 0.129 e. The lowest BCUT2D eigenvalue weighted by atomic mass is 10.1. The summed E-state index contributed by atoms with van der Waals surface area (Å²) in [7, 11) is 0. The van der Waals surface area contributed by atoms with Crippen LogP contribution in [0.25, 0.3) is 22.2 Å². The van der Waals surface area contributed by atoms with Crippen molar-refractivity contribution in [3.8, 4) is 17.0 Å². The minimum atomic E-state index is 0.133. The number of pyridine rings is 1. The third-order valence-corrected chi connectivity index (χ3v) is 5.36. The van der Waals surface area contributed by atoms with E-state index in [4.69, 9.17) is 4.74 Å². The molecule has 29 heavy (non-hydrogen) atoms. The second-order valence-corrected chi connectivity index (χ2v) is 7.75. The average molecular weight is 388 g/mol. The Morgan fingerprint density at radius 3 is 2.93 bits per heavy atom. The molecular formula is C22H24N6O. The predicted octanol–water partition coefficient (Wildman–Crippen LogP) is 4.06. The highest BCUT2D eigenvalue weighted by molar-refractivity contribution is 5.94. The fourth-order valence-corrected chi connectivity index (χ4v) is 3.98. The van der Waals surface area contributed by atoms with E-state index in [0.717, 1.165) is 53.2 Å². The van der Waals surface area contributed by atoms with Crippen molar-refractivity contribution in [2.24, 2.45) is 0 Å². The van der Waals surface area contributed by atoms with Crippen molar-refractivity contribution in [3.05, 3.63) is 55.2 Å². The fourth-order valence-electron chi connectivity index (χ4n) is 3.98. The molecule has 1 saturated heterocycles. The minimum absolute atomic E-state index is 0.133. The number of nitrogens with one attached hydrogen (secondary N) is 1. The van der Waals surface area contributed by atoms with Crippen molar-refractivity contribution in [1.82, 2.24) is 24.7 Å². The van der Waals surface area contributed by atoms with Crippen molar-refractivity contribution in [2.75, 3.05) is 18.0 Å². The summed E-state index contributed by atoms with van der Waals surface area (Å²) in [6.45, 7) is 5.97. The summed E-state index contributed by atoms with van der Waals surface area (Å²) in [6, 6.07) is 10.6. The molecule has 7 heteroatoms. The summed E-state index contributed by atoms with van der Waals surface area (Å²) < 4.78 is 8.05. The Hall–Kier alpha value is -3.35. The van der Waals surface area contributed by atoms with Crippen LogP contribution in [0.5, 0.6) is 5.75 Å². The lowest BCUT2D eigenvalue weighted by Crippen LogP contribution is -2.21. The molecule has 1 unspecified atom stereocenters. The molecule has 0 aliphatic carbocycles. The number of imidazole rings is 1. The molecule has 0 bridgehead atoms. The van der Waals surface area contributed by atoms with Crippen LogP contribution in [0.2, 0.25) is 0 Å². The van der Waals surface area contributed by atoms with E-state index in [0.29, 0.717) is 6.04 Å². The Labute approximate surface area is 169 Å². The van der Waals surface area contributed by atoms with Crippen LogP contribution >= 0.6 is 0 Å². The van der Waals surface area contributed by atoms with E-state index in [1.165, 1.54) is 0 Å². The van der Waals surface area contributed by atoms with E-state index in [1.807, 2.05) is 57.0 Å². The quantitative estimate of drug-likeness (QED) is 0.558. The van der Waals surface area contributed by atoms with E-state index in [9.17, 15) is 0 Å². The normalized spacial score (nSPS) is 16.8. The number of hydrogen-bond acceptors (Lipinski definition) is 5. The predicted molar refractivity (Wildman–Crippen MR) is 113 cm³/mol. The second kappa shape index (κ2) is 7.24. The molecule has 3 aromatic heterocycles. The number of benzene rings is 1. The second-order valence-electron chi connectivity index (χ2n) is 7.75. The molecular weight excluding hydrogens is 364 g/mol. The summed E-state index contributed by atoms with van der Waals surface area (Å²) in [5.74, 6) is 1.84. The molecule has 0 saturated carbocycles. The monoisotopic (exact) mass is 388 g/mol. The third kappa shape index (κ3) is 3.44. The zero-order chi connectivity index (χ0) is 19.8. The van der Waals surface area contributed by atoms with Gasteiger partial charge in [-0.1, -0.05) is 0 Å². The Morgan fingerprint density at radius 1 is 1.17 bits per heavy atom. The molecule has 4 heterocycles. The fraction of sp³-hybridized carbons (Fsp3) is 0.318. The first kappa shape index (κ1) is 17.7. The summed E-state index contributed by atoms with van der Waals surface area (Å²) in [4.78, 5) is 11.1. The highest BCUT2D eigenvalue weighted by Gasteiger charge is 2.25. The molecule has 1 aliphatic rings. The van der Waals surface area contributed by atoms with Gasteiger partial charge >= 0.3 is 0 Å². The Morgan fingerprint density at radius 2 is 2.10 bits per heavy atom. The van der Waals surface area contributed by atoms with Gasteiger partial charge in [-0.15, -0.1) is 0 Å². The zero-order valence-electron chi connectivity index (χ0n) is 16.6. The van der Waals surface area contributed by atoms with Gasteiger partial charge in [0.15, 0.2) is 0 Å². The van der Waals surface area contributed by atoms with Crippen LogP contribution in [0, 0.1) is 0 Å². The van der Waals surface area contributed by atoms with Gasteiger partial charge in [0.2, 0.25) is 0 Å². The molecule has 0 spiro atoms. The van der Waals surface area contributed by atoms with Gasteiger partial charge in [-0.2, -0.15) is 5.10 Å². The number of aromatic nitrogens is 5. The van der Waals surface area contributed by atoms with Crippen molar-refractivity contribution in [2.45, 2.75) is 32.4 Å². The van der Waals surface area contributed by atoms with Gasteiger partial charge in [-0.25, -0.2) is 9.97 Å². The highest BCUT2D eigenvalue weighted by atomic mass is 16.5. The Bertz CT molecular complexity index is 1120. The summed E-state index contributed by atoms with van der Waals surface area (Å²) in [5, 5.41) is 8.76. The van der Waals surface area contributed by atoms with E-state index in [1.54, 1.807) is 0 Å². The third-order valence-electron chi connectivity index (χ3n) is 5.36. The van der Waals surface area contributed by atoms with Crippen LogP contribution in [0.15, 0.2) is 55.2 Å². The molecule has 1 aliphatic heterocycles. The van der Waals surface area contributed by atoms with Gasteiger partial charge in [0.05, 0.1) is 24.0 Å². The molecule has 7 nitrogen and oxygen atoms in total. The van der Waals surface area contributed by atoms with Gasteiger partial charge < -0.3 is 14.2 Å². The molecule has 0 amide bonds. The zero-order valence-corrected chi connectivity index (χ0v) is 16.6. The number of ether oxygens (including phenoxy) is 1. The molecule has 1 aromatic carbocycles. The van der Waals surface area contributed by atoms with Crippen LogP contribution in [0.3, 0.4) is 0 Å². The van der Waals surface area contributed by atoms with E-state index in [-0.39, 0.29) is 6.10 Å². The summed E-state index contributed by atoms with van der Waals surface area (Å²) in [6.07, 6.45) is 8.85. The molecule has 4 aromatic rings. The van der Waals surface area contributed by atoms with Crippen molar-refractivity contribution in [3.63, 3.8) is 0 Å². The number of H-pyrrole nitrogens is 1. The minimum Gasteiger partial charge on any atom is -0.491 e. The molecule has 5 rings (SSSR count). The number of nitrogens with zero attached hydrogens (tertiary/aromatic N) is 5. The van der Waals surface area contributed by atoms with Gasteiger partial charge in [0.25, 0.3) is 0 Å². The summed E-state index contributed by atoms with van der Waals surface area (Å²) >= 11 is 0. The molecule has 0 radical (unpaired) electrons. The number of aromatic amines is 1. The van der Waals surface area contributed by atoms with Crippen LogP contribution < -0.4 is 9.64 Å². The SMILES string of the molecule is CC(C)Oc1ccc2[nH]nc(-c3ccnc(N4CCC(n5ccnc5)C4)c3)c2c1. The highest BCUT2D eigenvalue weighted by Crippen LogP contribution is 2.32. The number of hydrogen-bond donors (Lipinski definition) is 1. The lowest BCUT2D eigenvalue weighted by molar-refractivity contribution is 0.243. The van der Waals surface area contributed by atoms with Crippen molar-refractivity contribution < 1.29 is 4.74 Å². The molecule has 1 N–H and O–H groups in total. The van der Waals surface area contributed by atoms with Crippen molar-refractivity contribution in [1.29, 1.82) is 0 Å². The summed E-state index contributed by atoms with van der Waals surface area (Å²) in [5.41, 5.74) is 2.97. The number of fused-ring (bicyclic) bond motifs is 1. The van der Waals surface area contributed by atoms with Crippen LogP contribution in [-0.2, 0) is 0 Å². The van der Waals surface area contributed by atoms with E-state index >= 15 is 0 Å². The molecule has 148 valence electrons. The molecule has 1 fully saturated rings.